The minimum Gasteiger partial charge on any atom is -0.309 e. The average Bonchev–Trinajstić information content (AvgIpc) is 0.763. The van der Waals surface area contributed by atoms with Crippen LogP contribution in [-0.4, -0.2) is 59.8 Å². The second-order valence-electron chi connectivity index (χ2n) is 36.3. The van der Waals surface area contributed by atoms with E-state index >= 15 is 0 Å². The van der Waals surface area contributed by atoms with E-state index in [1.54, 1.807) is 31.0 Å². The summed E-state index contributed by atoms with van der Waals surface area (Å²) in [6.45, 7) is 0. The fourth-order valence-corrected chi connectivity index (χ4v) is 21.4. The fourth-order valence-electron chi connectivity index (χ4n) is 18.8. The summed E-state index contributed by atoms with van der Waals surface area (Å²) in [6, 6.07) is 183. The standard InChI is InChI=1S/C51H35N3.C43H29N5.C42H29N4OP/c1-5-16-36(17-6-1)40-24-13-25-41(30-40)42-26-14-27-43(31-42)44-28-15-29-45(32-44)47-33-46(37-18-7-2-8-19-37)34-48(35-47)51-53-49(38-20-9-3-10-21-38)52-50(54-51)39-22-11-4-12-23-39;1-3-9-30(10-4-1)34-13-7-14-35(25-34)36-15-8-16-37(26-36)39-27-38(31-11-5-2-6-12-31)28-40(29-39)43-47-41(32-17-21-44-22-18-32)46-42(48-43)33-19-23-45-24-20-33;47-48(36-16-3-1-4-17-36,37-18-5-2-6-19-37)38-25-23-31(24-26-38)40-44-41(34-15-11-14-33(29-34)39-20-9-10-27-43-39)46-42(45-40)35-22-21-30-12-7-8-13-32(30)28-35/h1-35H;2*1-29H. The number of rotatable bonds is 22. The summed E-state index contributed by atoms with van der Waals surface area (Å²) in [5, 5.41) is 4.58. The van der Waals surface area contributed by atoms with E-state index in [-0.39, 0.29) is 0 Å². The van der Waals surface area contributed by atoms with Gasteiger partial charge in [0.15, 0.2) is 59.6 Å². The van der Waals surface area contributed by atoms with Gasteiger partial charge >= 0.3 is 0 Å². The molecule has 0 amide bonds. The third-order valence-corrected chi connectivity index (χ3v) is 29.5. The molecule has 708 valence electrons. The van der Waals surface area contributed by atoms with Crippen molar-refractivity contribution in [1.82, 2.24) is 59.8 Å². The van der Waals surface area contributed by atoms with Crippen molar-refractivity contribution in [3.63, 3.8) is 0 Å². The first-order chi connectivity index (χ1) is 74.1. The normalized spacial score (nSPS) is 11.1. The highest BCUT2D eigenvalue weighted by Gasteiger charge is 2.31. The van der Waals surface area contributed by atoms with Gasteiger partial charge in [0, 0.05) is 103 Å². The molecule has 0 saturated carbocycles. The highest BCUT2D eigenvalue weighted by atomic mass is 31.2. The zero-order chi connectivity index (χ0) is 101. The lowest BCUT2D eigenvalue weighted by molar-refractivity contribution is 0.592. The first-order valence-electron chi connectivity index (χ1n) is 49.7. The van der Waals surface area contributed by atoms with Crippen molar-refractivity contribution < 1.29 is 4.57 Å². The molecule has 25 aromatic rings. The number of hydrogen-bond acceptors (Lipinski definition) is 13. The van der Waals surface area contributed by atoms with Gasteiger partial charge in [-0.15, -0.1) is 0 Å². The molecular weight excluding hydrogens is 1850 g/mol. The maximum atomic E-state index is 15.0. The molecule has 25 rings (SSSR count). The number of fused-ring (bicyclic) bond motifs is 1. The van der Waals surface area contributed by atoms with Crippen molar-refractivity contribution in [2.24, 2.45) is 0 Å². The van der Waals surface area contributed by atoms with Crippen LogP contribution in [0.4, 0.5) is 0 Å². The molecule has 0 unspecified atom stereocenters. The van der Waals surface area contributed by atoms with Crippen molar-refractivity contribution >= 4 is 33.8 Å². The molecule has 0 aliphatic rings. The van der Waals surface area contributed by atoms with E-state index in [9.17, 15) is 4.57 Å². The largest absolute Gasteiger partial charge is 0.309 e. The first-order valence-corrected chi connectivity index (χ1v) is 51.4. The van der Waals surface area contributed by atoms with Gasteiger partial charge in [0.2, 0.25) is 0 Å². The van der Waals surface area contributed by atoms with E-state index in [4.69, 9.17) is 44.9 Å². The summed E-state index contributed by atoms with van der Waals surface area (Å²) < 4.78 is 15.0. The Labute approximate surface area is 870 Å². The Kier molecular flexibility index (Phi) is 27.4. The van der Waals surface area contributed by atoms with Crippen molar-refractivity contribution in [3.05, 3.63) is 565 Å². The van der Waals surface area contributed by atoms with E-state index in [0.29, 0.717) is 52.4 Å². The number of pyridine rings is 3. The van der Waals surface area contributed by atoms with E-state index in [1.807, 2.05) is 237 Å². The van der Waals surface area contributed by atoms with Crippen LogP contribution in [0.1, 0.15) is 0 Å². The topological polar surface area (TPSA) is 172 Å². The summed E-state index contributed by atoms with van der Waals surface area (Å²) in [4.78, 5) is 57.9. The number of aromatic nitrogens is 12. The summed E-state index contributed by atoms with van der Waals surface area (Å²) in [7, 11) is -3.12. The molecule has 0 N–H and O–H groups in total. The third-order valence-electron chi connectivity index (χ3n) is 26.5. The van der Waals surface area contributed by atoms with Gasteiger partial charge < -0.3 is 4.57 Å². The van der Waals surface area contributed by atoms with Crippen molar-refractivity contribution in [3.8, 4) is 214 Å². The Balaban J connectivity index is 0.000000124. The number of nitrogens with zero attached hydrogens (tertiary/aromatic N) is 12. The Morgan fingerprint density at radius 2 is 0.340 bits per heavy atom. The van der Waals surface area contributed by atoms with Crippen LogP contribution < -0.4 is 15.9 Å². The van der Waals surface area contributed by atoms with Crippen LogP contribution in [0.2, 0.25) is 0 Å². The molecule has 0 spiro atoms. The smallest absolute Gasteiger partial charge is 0.171 e. The predicted molar refractivity (Wildman–Crippen MR) is 613 cm³/mol. The Bertz CT molecular complexity index is 8960. The Morgan fingerprint density at radius 3 is 0.687 bits per heavy atom. The molecule has 0 aliphatic carbocycles. The molecule has 13 nitrogen and oxygen atoms in total. The molecule has 6 heterocycles. The minimum absolute atomic E-state index is 0.534. The minimum atomic E-state index is -3.12. The van der Waals surface area contributed by atoms with Gasteiger partial charge in [-0.25, -0.2) is 44.9 Å². The summed E-state index contributed by atoms with van der Waals surface area (Å²) in [6.07, 6.45) is 8.80. The van der Waals surface area contributed by atoms with E-state index in [1.165, 1.54) is 38.9 Å². The van der Waals surface area contributed by atoms with Crippen LogP contribution >= 0.6 is 7.14 Å². The van der Waals surface area contributed by atoms with E-state index in [2.05, 4.69) is 312 Å². The molecular formula is C136H93N12OP. The maximum absolute atomic E-state index is 15.0. The van der Waals surface area contributed by atoms with Crippen LogP contribution in [0.25, 0.3) is 225 Å². The van der Waals surface area contributed by atoms with Crippen LogP contribution in [-0.2, 0) is 4.57 Å². The van der Waals surface area contributed by atoms with Crippen molar-refractivity contribution in [2.45, 2.75) is 0 Å². The first kappa shape index (κ1) is 93.8. The van der Waals surface area contributed by atoms with Crippen LogP contribution in [0, 0.1) is 0 Å². The monoisotopic (exact) mass is 1940 g/mol. The molecule has 0 saturated heterocycles. The molecule has 150 heavy (non-hydrogen) atoms. The molecule has 0 atom stereocenters. The number of hydrogen-bond donors (Lipinski definition) is 0. The predicted octanol–water partition coefficient (Wildman–Crippen LogP) is 32.3. The SMILES string of the molecule is O=P(c1ccccc1)(c1ccccc1)c1ccc(-c2nc(-c3cccc(-c4ccccn4)c3)nc(-c3ccc4ccccc4c3)n2)cc1.c1ccc(-c2cccc(-c3cccc(-c4cc(-c5ccccc5)cc(-c5nc(-c6ccncc6)nc(-c6ccncc6)n5)c4)c3)c2)cc1.c1ccc(-c2cccc(-c3cccc(-c4cccc(-c5cc(-c6ccccc6)cc(-c6nc(-c7ccccc7)nc(-c7ccccc7)n6)c5)c4)c3)c2)cc1. The molecule has 6 aromatic heterocycles. The van der Waals surface area contributed by atoms with Gasteiger partial charge in [-0.2, -0.15) is 0 Å². The average molecular weight is 1940 g/mol. The van der Waals surface area contributed by atoms with Crippen molar-refractivity contribution in [2.75, 3.05) is 0 Å². The molecule has 0 bridgehead atoms. The third kappa shape index (κ3) is 21.3. The summed E-state index contributed by atoms with van der Waals surface area (Å²) >= 11 is 0. The van der Waals surface area contributed by atoms with Gasteiger partial charge in [-0.05, 0) is 226 Å². The molecule has 0 aliphatic heterocycles. The Morgan fingerprint density at radius 1 is 0.127 bits per heavy atom. The van der Waals surface area contributed by atoms with Crippen molar-refractivity contribution in [1.29, 1.82) is 0 Å². The van der Waals surface area contributed by atoms with Gasteiger partial charge in [0.1, 0.15) is 0 Å². The lowest BCUT2D eigenvalue weighted by atomic mass is 9.93. The zero-order valence-corrected chi connectivity index (χ0v) is 82.3. The summed E-state index contributed by atoms with van der Waals surface area (Å²) in [5.74, 6) is 5.34. The van der Waals surface area contributed by atoms with Gasteiger partial charge in [-0.1, -0.05) is 419 Å². The quantitative estimate of drug-likeness (QED) is 0.0588. The zero-order valence-electron chi connectivity index (χ0n) is 81.4. The van der Waals surface area contributed by atoms with Gasteiger partial charge in [0.05, 0.1) is 5.69 Å². The van der Waals surface area contributed by atoms with Gasteiger partial charge in [-0.3, -0.25) is 15.0 Å². The number of benzene rings is 19. The van der Waals surface area contributed by atoms with E-state index < -0.39 is 7.14 Å². The maximum Gasteiger partial charge on any atom is 0.171 e. The van der Waals surface area contributed by atoms with Gasteiger partial charge in [0.25, 0.3) is 0 Å². The Hall–Kier alpha value is -19.9. The van der Waals surface area contributed by atoms with Crippen LogP contribution in [0.15, 0.2) is 565 Å². The highest BCUT2D eigenvalue weighted by molar-refractivity contribution is 7.85. The molecule has 19 aromatic carbocycles. The van der Waals surface area contributed by atoms with Crippen LogP contribution in [0.3, 0.4) is 0 Å². The molecule has 0 fully saturated rings. The molecule has 0 radical (unpaired) electrons. The highest BCUT2D eigenvalue weighted by Crippen LogP contribution is 2.45. The lowest BCUT2D eigenvalue weighted by Gasteiger charge is -2.20. The summed E-state index contributed by atoms with van der Waals surface area (Å²) in [5.41, 5.74) is 30.5. The second kappa shape index (κ2) is 43.8. The van der Waals surface area contributed by atoms with E-state index in [0.717, 1.165) is 149 Å². The lowest BCUT2D eigenvalue weighted by Crippen LogP contribution is -2.24. The second-order valence-corrected chi connectivity index (χ2v) is 39.0. The fraction of sp³-hybridized carbons (Fsp3) is 0. The van der Waals surface area contributed by atoms with Crippen LogP contribution in [0.5, 0.6) is 0 Å². The molecule has 14 heteroatoms.